The van der Waals surface area contributed by atoms with Gasteiger partial charge in [-0.05, 0) is 51.0 Å². The molecule has 15 heavy (non-hydrogen) atoms. The zero-order valence-corrected chi connectivity index (χ0v) is 9.31. The molecule has 3 unspecified atom stereocenters. The molecule has 0 aromatic carbocycles. The van der Waals surface area contributed by atoms with Crippen molar-refractivity contribution in [3.63, 3.8) is 0 Å². The summed E-state index contributed by atoms with van der Waals surface area (Å²) in [6, 6.07) is 2.18. The minimum absolute atomic E-state index is 0.593. The standard InChI is InChI=1S/C12H21N3/c13-6-5-9-1-4-12-11(7-9)14-8-15(12)10-2-3-10/h8-12H,1-7,13H2. The number of fused-ring (bicyclic) bond motifs is 1. The highest BCUT2D eigenvalue weighted by atomic mass is 15.3. The molecule has 3 aliphatic rings. The van der Waals surface area contributed by atoms with Gasteiger partial charge < -0.3 is 10.6 Å². The van der Waals surface area contributed by atoms with E-state index in [0.717, 1.165) is 24.5 Å². The van der Waals surface area contributed by atoms with Crippen molar-refractivity contribution < 1.29 is 0 Å². The van der Waals surface area contributed by atoms with E-state index in [9.17, 15) is 0 Å². The quantitative estimate of drug-likeness (QED) is 0.759. The Labute approximate surface area is 91.7 Å². The van der Waals surface area contributed by atoms with Crippen LogP contribution in [0.5, 0.6) is 0 Å². The SMILES string of the molecule is NCCC1CCC2C(C1)N=CN2C1CC1. The molecule has 0 spiro atoms. The average Bonchev–Trinajstić information content (AvgIpc) is 3.00. The third-order valence-corrected chi connectivity index (χ3v) is 4.21. The third kappa shape index (κ3) is 1.78. The van der Waals surface area contributed by atoms with Gasteiger partial charge in [0.15, 0.2) is 0 Å². The van der Waals surface area contributed by atoms with Gasteiger partial charge in [0.05, 0.1) is 18.4 Å². The van der Waals surface area contributed by atoms with Gasteiger partial charge in [-0.25, -0.2) is 0 Å². The lowest BCUT2D eigenvalue weighted by Crippen LogP contribution is -2.41. The molecule has 1 heterocycles. The minimum atomic E-state index is 0.593. The number of nitrogens with two attached hydrogens (primary N) is 1. The molecule has 3 nitrogen and oxygen atoms in total. The molecule has 0 radical (unpaired) electrons. The molecule has 2 fully saturated rings. The van der Waals surface area contributed by atoms with Gasteiger partial charge >= 0.3 is 0 Å². The maximum absolute atomic E-state index is 5.63. The van der Waals surface area contributed by atoms with Crippen molar-refractivity contribution in [2.24, 2.45) is 16.6 Å². The molecule has 2 aliphatic carbocycles. The van der Waals surface area contributed by atoms with E-state index in [2.05, 4.69) is 11.2 Å². The van der Waals surface area contributed by atoms with Crippen LogP contribution in [0.15, 0.2) is 4.99 Å². The summed E-state index contributed by atoms with van der Waals surface area (Å²) in [5, 5.41) is 0. The van der Waals surface area contributed by atoms with Crippen molar-refractivity contribution in [1.82, 2.24) is 4.90 Å². The fourth-order valence-corrected chi connectivity index (χ4v) is 3.21. The fourth-order valence-electron chi connectivity index (χ4n) is 3.21. The normalized spacial score (nSPS) is 39.5. The summed E-state index contributed by atoms with van der Waals surface area (Å²) >= 11 is 0. The molecule has 0 aromatic rings. The van der Waals surface area contributed by atoms with E-state index >= 15 is 0 Å². The van der Waals surface area contributed by atoms with Crippen LogP contribution < -0.4 is 5.73 Å². The second-order valence-corrected chi connectivity index (χ2v) is 5.33. The summed E-state index contributed by atoms with van der Waals surface area (Å²) in [6.45, 7) is 0.845. The maximum Gasteiger partial charge on any atom is 0.0859 e. The first-order valence-electron chi connectivity index (χ1n) is 6.39. The van der Waals surface area contributed by atoms with Crippen molar-refractivity contribution in [3.05, 3.63) is 0 Å². The van der Waals surface area contributed by atoms with Crippen LogP contribution in [0, 0.1) is 5.92 Å². The highest BCUT2D eigenvalue weighted by Gasteiger charge is 2.41. The largest absolute Gasteiger partial charge is 0.355 e. The van der Waals surface area contributed by atoms with Crippen LogP contribution in [0.2, 0.25) is 0 Å². The summed E-state index contributed by atoms with van der Waals surface area (Å²) in [4.78, 5) is 7.24. The van der Waals surface area contributed by atoms with E-state index in [1.165, 1.54) is 38.5 Å². The molecule has 0 bridgehead atoms. The molecule has 3 atom stereocenters. The van der Waals surface area contributed by atoms with Gasteiger partial charge in [-0.15, -0.1) is 0 Å². The van der Waals surface area contributed by atoms with E-state index < -0.39 is 0 Å². The number of nitrogens with zero attached hydrogens (tertiary/aromatic N) is 2. The van der Waals surface area contributed by atoms with E-state index in [-0.39, 0.29) is 0 Å². The van der Waals surface area contributed by atoms with Crippen LogP contribution in [-0.2, 0) is 0 Å². The Morgan fingerprint density at radius 2 is 2.13 bits per heavy atom. The van der Waals surface area contributed by atoms with Crippen molar-refractivity contribution >= 4 is 6.34 Å². The number of rotatable bonds is 3. The van der Waals surface area contributed by atoms with Crippen LogP contribution in [-0.4, -0.2) is 35.9 Å². The fraction of sp³-hybridized carbons (Fsp3) is 0.917. The van der Waals surface area contributed by atoms with Crippen molar-refractivity contribution in [1.29, 1.82) is 0 Å². The molecule has 3 heteroatoms. The Kier molecular flexibility index (Phi) is 2.43. The summed E-state index contributed by atoms with van der Waals surface area (Å²) in [7, 11) is 0. The zero-order valence-electron chi connectivity index (χ0n) is 9.31. The highest BCUT2D eigenvalue weighted by Crippen LogP contribution is 2.39. The first kappa shape index (κ1) is 9.64. The highest BCUT2D eigenvalue weighted by molar-refractivity contribution is 5.60. The molecular weight excluding hydrogens is 186 g/mol. The van der Waals surface area contributed by atoms with Gasteiger partial charge in [0.1, 0.15) is 0 Å². The molecule has 0 saturated heterocycles. The summed E-state index contributed by atoms with van der Waals surface area (Å²) in [5.41, 5.74) is 5.63. The van der Waals surface area contributed by atoms with Gasteiger partial charge in [-0.1, -0.05) is 0 Å². The van der Waals surface area contributed by atoms with E-state index in [1.54, 1.807) is 0 Å². The zero-order chi connectivity index (χ0) is 10.3. The molecule has 3 rings (SSSR count). The molecule has 84 valence electrons. The summed E-state index contributed by atoms with van der Waals surface area (Å²) < 4.78 is 0. The Balaban J connectivity index is 1.61. The van der Waals surface area contributed by atoms with Crippen LogP contribution in [0.4, 0.5) is 0 Å². The van der Waals surface area contributed by atoms with E-state index in [1.807, 2.05) is 0 Å². The van der Waals surface area contributed by atoms with Gasteiger partial charge in [0.2, 0.25) is 0 Å². The van der Waals surface area contributed by atoms with Crippen LogP contribution in [0.25, 0.3) is 0 Å². The Morgan fingerprint density at radius 1 is 1.27 bits per heavy atom. The lowest BCUT2D eigenvalue weighted by atomic mass is 9.81. The van der Waals surface area contributed by atoms with Gasteiger partial charge in [-0.3, -0.25) is 4.99 Å². The van der Waals surface area contributed by atoms with Gasteiger partial charge in [0.25, 0.3) is 0 Å². The van der Waals surface area contributed by atoms with Gasteiger partial charge in [-0.2, -0.15) is 0 Å². The van der Waals surface area contributed by atoms with Crippen molar-refractivity contribution in [2.75, 3.05) is 6.54 Å². The lowest BCUT2D eigenvalue weighted by molar-refractivity contribution is 0.197. The predicted octanol–water partition coefficient (Wildman–Crippen LogP) is 1.38. The maximum atomic E-state index is 5.63. The van der Waals surface area contributed by atoms with E-state index in [4.69, 9.17) is 10.7 Å². The Morgan fingerprint density at radius 3 is 2.87 bits per heavy atom. The minimum Gasteiger partial charge on any atom is -0.355 e. The number of hydrogen-bond donors (Lipinski definition) is 1. The molecule has 0 amide bonds. The lowest BCUT2D eigenvalue weighted by Gasteiger charge is -2.35. The van der Waals surface area contributed by atoms with Crippen LogP contribution in [0.3, 0.4) is 0 Å². The first-order chi connectivity index (χ1) is 7.38. The molecule has 2 saturated carbocycles. The Hall–Kier alpha value is -0.570. The second-order valence-electron chi connectivity index (χ2n) is 5.33. The van der Waals surface area contributed by atoms with Crippen LogP contribution in [0.1, 0.15) is 38.5 Å². The predicted molar refractivity (Wildman–Crippen MR) is 61.9 cm³/mol. The van der Waals surface area contributed by atoms with Crippen LogP contribution >= 0.6 is 0 Å². The smallest absolute Gasteiger partial charge is 0.0859 e. The topological polar surface area (TPSA) is 41.6 Å². The third-order valence-electron chi connectivity index (χ3n) is 4.21. The Bertz CT molecular complexity index is 260. The first-order valence-corrected chi connectivity index (χ1v) is 6.39. The van der Waals surface area contributed by atoms with Crippen molar-refractivity contribution in [3.8, 4) is 0 Å². The van der Waals surface area contributed by atoms with Gasteiger partial charge in [0, 0.05) is 6.04 Å². The molecule has 2 N–H and O–H groups in total. The second kappa shape index (κ2) is 3.78. The number of hydrogen-bond acceptors (Lipinski definition) is 3. The molecular formula is C12H21N3. The van der Waals surface area contributed by atoms with E-state index in [0.29, 0.717) is 6.04 Å². The average molecular weight is 207 g/mol. The monoisotopic (exact) mass is 207 g/mol. The molecule has 1 aliphatic heterocycles. The molecule has 0 aromatic heterocycles. The summed E-state index contributed by atoms with van der Waals surface area (Å²) in [5.74, 6) is 0.840. The number of aliphatic imine (C=N–C) groups is 1. The van der Waals surface area contributed by atoms with Crippen molar-refractivity contribution in [2.45, 2.75) is 56.7 Å². The summed E-state index contributed by atoms with van der Waals surface area (Å²) in [6.07, 6.45) is 10.1.